The van der Waals surface area contributed by atoms with Gasteiger partial charge in [-0.3, -0.25) is 4.79 Å². The van der Waals surface area contributed by atoms with Gasteiger partial charge in [0.1, 0.15) is 0 Å². The second-order valence-corrected chi connectivity index (χ2v) is 7.57. The number of hydrogen-bond acceptors (Lipinski definition) is 5. The lowest BCUT2D eigenvalue weighted by molar-refractivity contribution is 0.0958. The van der Waals surface area contributed by atoms with Crippen molar-refractivity contribution in [2.24, 2.45) is 0 Å². The standard InChI is InChI=1S/C17H13ClN4OS2/c18-12-5-3-11(4-6-12)15-20-17-22(21-15)13(10-25-17)7-8-19-16(23)14-2-1-9-24-14/h1-6,9-10H,7-8H2,(H,19,23). The zero-order valence-corrected chi connectivity index (χ0v) is 15.4. The second kappa shape index (κ2) is 6.95. The van der Waals surface area contributed by atoms with E-state index in [1.807, 2.05) is 51.7 Å². The summed E-state index contributed by atoms with van der Waals surface area (Å²) in [5, 5.41) is 12.1. The van der Waals surface area contributed by atoms with Crippen LogP contribution >= 0.6 is 34.3 Å². The molecule has 0 fully saturated rings. The van der Waals surface area contributed by atoms with Crippen molar-refractivity contribution in [3.8, 4) is 11.4 Å². The third kappa shape index (κ3) is 3.44. The number of hydrogen-bond donors (Lipinski definition) is 1. The second-order valence-electron chi connectivity index (χ2n) is 5.35. The number of aromatic nitrogens is 3. The molecule has 0 atom stereocenters. The molecule has 3 aromatic heterocycles. The van der Waals surface area contributed by atoms with Crippen LogP contribution in [0.4, 0.5) is 0 Å². The molecule has 8 heteroatoms. The molecule has 4 rings (SSSR count). The van der Waals surface area contributed by atoms with E-state index in [0.717, 1.165) is 21.1 Å². The quantitative estimate of drug-likeness (QED) is 0.558. The van der Waals surface area contributed by atoms with Crippen LogP contribution in [0.2, 0.25) is 5.02 Å². The first-order valence-corrected chi connectivity index (χ1v) is 9.75. The van der Waals surface area contributed by atoms with Gasteiger partial charge in [-0.1, -0.05) is 17.7 Å². The van der Waals surface area contributed by atoms with Crippen LogP contribution in [-0.4, -0.2) is 27.0 Å². The van der Waals surface area contributed by atoms with Crippen LogP contribution in [0.1, 0.15) is 15.4 Å². The number of carbonyl (C=O) groups excluding carboxylic acids is 1. The molecule has 0 bridgehead atoms. The van der Waals surface area contributed by atoms with E-state index in [2.05, 4.69) is 15.4 Å². The molecule has 0 saturated heterocycles. The largest absolute Gasteiger partial charge is 0.351 e. The van der Waals surface area contributed by atoms with E-state index in [1.54, 1.807) is 11.3 Å². The molecule has 5 nitrogen and oxygen atoms in total. The summed E-state index contributed by atoms with van der Waals surface area (Å²) in [6.45, 7) is 0.554. The smallest absolute Gasteiger partial charge is 0.261 e. The number of nitrogens with zero attached hydrogens (tertiary/aromatic N) is 3. The summed E-state index contributed by atoms with van der Waals surface area (Å²) in [6, 6.07) is 11.2. The molecule has 0 aliphatic rings. The van der Waals surface area contributed by atoms with Crippen molar-refractivity contribution in [2.75, 3.05) is 6.54 Å². The summed E-state index contributed by atoms with van der Waals surface area (Å²) in [5.74, 6) is 0.634. The van der Waals surface area contributed by atoms with Crippen LogP contribution in [0.15, 0.2) is 47.2 Å². The molecule has 0 saturated carbocycles. The topological polar surface area (TPSA) is 59.3 Å². The van der Waals surface area contributed by atoms with Gasteiger partial charge >= 0.3 is 0 Å². The summed E-state index contributed by atoms with van der Waals surface area (Å²) in [7, 11) is 0. The van der Waals surface area contributed by atoms with E-state index in [-0.39, 0.29) is 5.91 Å². The third-order valence-corrected chi connectivity index (χ3v) is 5.65. The van der Waals surface area contributed by atoms with Gasteiger partial charge in [0.05, 0.1) is 10.6 Å². The van der Waals surface area contributed by atoms with Gasteiger partial charge in [0.2, 0.25) is 4.96 Å². The van der Waals surface area contributed by atoms with Gasteiger partial charge < -0.3 is 5.32 Å². The Kier molecular flexibility index (Phi) is 4.52. The summed E-state index contributed by atoms with van der Waals surface area (Å²) in [5.41, 5.74) is 1.96. The van der Waals surface area contributed by atoms with Gasteiger partial charge in [0, 0.05) is 28.9 Å². The zero-order valence-electron chi connectivity index (χ0n) is 13.0. The van der Waals surface area contributed by atoms with E-state index in [9.17, 15) is 4.79 Å². The Morgan fingerprint density at radius 2 is 2.04 bits per heavy atom. The van der Waals surface area contributed by atoms with Crippen LogP contribution in [0.3, 0.4) is 0 Å². The molecule has 0 unspecified atom stereocenters. The molecule has 0 radical (unpaired) electrons. The normalized spacial score (nSPS) is 11.1. The highest BCUT2D eigenvalue weighted by atomic mass is 35.5. The highest BCUT2D eigenvalue weighted by Crippen LogP contribution is 2.22. The van der Waals surface area contributed by atoms with Crippen molar-refractivity contribution in [3.05, 3.63) is 62.8 Å². The fourth-order valence-electron chi connectivity index (χ4n) is 2.42. The van der Waals surface area contributed by atoms with Crippen LogP contribution < -0.4 is 5.32 Å². The first kappa shape index (κ1) is 16.3. The molecule has 1 N–H and O–H groups in total. The molecule has 0 aliphatic carbocycles. The van der Waals surface area contributed by atoms with E-state index in [0.29, 0.717) is 23.8 Å². The van der Waals surface area contributed by atoms with Gasteiger partial charge in [-0.15, -0.1) is 27.8 Å². The van der Waals surface area contributed by atoms with E-state index >= 15 is 0 Å². The molecule has 4 aromatic rings. The Balaban J connectivity index is 1.47. The molecule has 3 heterocycles. The average molecular weight is 389 g/mol. The molecule has 126 valence electrons. The average Bonchev–Trinajstić information content (AvgIpc) is 3.33. The van der Waals surface area contributed by atoms with Crippen molar-refractivity contribution in [1.29, 1.82) is 0 Å². The predicted octanol–water partition coefficient (Wildman–Crippen LogP) is 4.15. The third-order valence-electron chi connectivity index (χ3n) is 3.66. The van der Waals surface area contributed by atoms with Crippen molar-refractivity contribution in [1.82, 2.24) is 19.9 Å². The van der Waals surface area contributed by atoms with E-state index in [4.69, 9.17) is 11.6 Å². The van der Waals surface area contributed by atoms with E-state index < -0.39 is 0 Å². The highest BCUT2D eigenvalue weighted by molar-refractivity contribution is 7.15. The first-order valence-electron chi connectivity index (χ1n) is 7.61. The SMILES string of the molecule is O=C(NCCc1csc2nc(-c3ccc(Cl)cc3)nn12)c1cccs1. The molecule has 0 aliphatic heterocycles. The van der Waals surface area contributed by atoms with Crippen LogP contribution in [0.5, 0.6) is 0 Å². The minimum atomic E-state index is -0.0399. The van der Waals surface area contributed by atoms with Crippen molar-refractivity contribution >= 4 is 45.1 Å². The number of benzene rings is 1. The molecule has 1 aromatic carbocycles. The van der Waals surface area contributed by atoms with Crippen LogP contribution in [0.25, 0.3) is 16.3 Å². The number of thiazole rings is 1. The number of fused-ring (bicyclic) bond motifs is 1. The fraction of sp³-hybridized carbons (Fsp3) is 0.118. The molecule has 0 spiro atoms. The maximum absolute atomic E-state index is 12.0. The molecule has 1 amide bonds. The summed E-state index contributed by atoms with van der Waals surface area (Å²) < 4.78 is 1.84. The number of thiophene rings is 1. The van der Waals surface area contributed by atoms with Gasteiger partial charge in [-0.2, -0.15) is 4.98 Å². The van der Waals surface area contributed by atoms with Crippen molar-refractivity contribution in [2.45, 2.75) is 6.42 Å². The monoisotopic (exact) mass is 388 g/mol. The van der Waals surface area contributed by atoms with Gasteiger partial charge in [-0.25, -0.2) is 4.52 Å². The molecule has 25 heavy (non-hydrogen) atoms. The highest BCUT2D eigenvalue weighted by Gasteiger charge is 2.12. The Hall–Kier alpha value is -2.22. The number of halogens is 1. The van der Waals surface area contributed by atoms with Crippen molar-refractivity contribution < 1.29 is 4.79 Å². The number of nitrogens with one attached hydrogen (secondary N) is 1. The number of rotatable bonds is 5. The minimum Gasteiger partial charge on any atom is -0.351 e. The first-order chi connectivity index (χ1) is 12.2. The number of amides is 1. The minimum absolute atomic E-state index is 0.0399. The van der Waals surface area contributed by atoms with Gasteiger partial charge in [-0.05, 0) is 35.7 Å². The van der Waals surface area contributed by atoms with E-state index in [1.165, 1.54) is 11.3 Å². The lowest BCUT2D eigenvalue weighted by Gasteiger charge is -2.02. The lowest BCUT2D eigenvalue weighted by Crippen LogP contribution is -2.25. The predicted molar refractivity (Wildman–Crippen MR) is 102 cm³/mol. The van der Waals surface area contributed by atoms with Crippen LogP contribution in [0, 0.1) is 0 Å². The zero-order chi connectivity index (χ0) is 17.2. The Labute approximate surface area is 156 Å². The van der Waals surface area contributed by atoms with Crippen molar-refractivity contribution in [3.63, 3.8) is 0 Å². The Morgan fingerprint density at radius 3 is 2.80 bits per heavy atom. The maximum atomic E-state index is 12.0. The number of carbonyl (C=O) groups is 1. The fourth-order valence-corrected chi connectivity index (χ4v) is 4.04. The Morgan fingerprint density at radius 1 is 1.20 bits per heavy atom. The van der Waals surface area contributed by atoms with Crippen LogP contribution in [-0.2, 0) is 6.42 Å². The molecular formula is C17H13ClN4OS2. The van der Waals surface area contributed by atoms with Gasteiger partial charge in [0.25, 0.3) is 5.91 Å². The Bertz CT molecular complexity index is 1010. The lowest BCUT2D eigenvalue weighted by atomic mass is 10.2. The summed E-state index contributed by atoms with van der Waals surface area (Å²) in [4.78, 5) is 18.1. The maximum Gasteiger partial charge on any atom is 0.261 e. The summed E-state index contributed by atoms with van der Waals surface area (Å²) >= 11 is 8.90. The summed E-state index contributed by atoms with van der Waals surface area (Å²) in [6.07, 6.45) is 0.695. The van der Waals surface area contributed by atoms with Gasteiger partial charge in [0.15, 0.2) is 5.82 Å². The molecular weight excluding hydrogens is 376 g/mol.